The number of hydrogen-bond donors (Lipinski definition) is 1. The second-order valence-corrected chi connectivity index (χ2v) is 12.0. The van der Waals surface area contributed by atoms with Crippen LogP contribution in [-0.2, 0) is 6.54 Å². The zero-order valence-electron chi connectivity index (χ0n) is 27.5. The lowest BCUT2D eigenvalue weighted by molar-refractivity contribution is -0.139. The number of anilines is 1. The number of ether oxygens (including phenoxy) is 3. The first-order valence-corrected chi connectivity index (χ1v) is 15.8. The van der Waals surface area contributed by atoms with E-state index in [1.165, 1.54) is 38.0 Å². The van der Waals surface area contributed by atoms with Crippen molar-refractivity contribution >= 4 is 22.9 Å². The van der Waals surface area contributed by atoms with E-state index in [0.29, 0.717) is 46.8 Å². The van der Waals surface area contributed by atoms with Gasteiger partial charge in [0.15, 0.2) is 11.5 Å². The van der Waals surface area contributed by atoms with Crippen molar-refractivity contribution in [1.29, 1.82) is 0 Å². The molecule has 9 nitrogen and oxygen atoms in total. The molecule has 1 saturated heterocycles. The molecule has 1 atom stereocenters. The molecule has 13 heteroatoms. The summed E-state index contributed by atoms with van der Waals surface area (Å²) in [5.41, 5.74) is 2.25. The van der Waals surface area contributed by atoms with Gasteiger partial charge in [0.1, 0.15) is 12.4 Å². The minimum absolute atomic E-state index is 0.0276. The molecule has 5 rings (SSSR count). The lowest BCUT2D eigenvalue weighted by atomic mass is 9.94. The van der Waals surface area contributed by atoms with Crippen LogP contribution in [-0.4, -0.2) is 92.0 Å². The molecule has 3 aromatic carbocycles. The number of piperidine rings is 1. The maximum Gasteiger partial charge on any atom is 0.406 e. The molecule has 258 valence electrons. The molecule has 0 radical (unpaired) electrons. The minimum atomic E-state index is -4.38. The van der Waals surface area contributed by atoms with E-state index in [4.69, 9.17) is 14.2 Å². The fraction of sp³-hybridized carbons (Fsp3) is 0.429. The molecule has 0 bridgehead atoms. The molecule has 1 aliphatic rings. The summed E-state index contributed by atoms with van der Waals surface area (Å²) in [6, 6.07) is 16.4. The molecule has 1 amide bonds. The van der Waals surface area contributed by atoms with Gasteiger partial charge in [-0.1, -0.05) is 24.3 Å². The highest BCUT2D eigenvalue weighted by molar-refractivity contribution is 5.95. The summed E-state index contributed by atoms with van der Waals surface area (Å²) in [4.78, 5) is 22.0. The number of fused-ring (bicyclic) bond motifs is 1. The molecule has 2 heterocycles. The second-order valence-electron chi connectivity index (χ2n) is 12.0. The highest BCUT2D eigenvalue weighted by Crippen LogP contribution is 2.38. The number of alkyl halides is 3. The molecule has 4 aromatic rings. The Morgan fingerprint density at radius 3 is 2.25 bits per heavy atom. The van der Waals surface area contributed by atoms with Crippen molar-refractivity contribution in [3.63, 3.8) is 0 Å². The number of halogens is 4. The van der Waals surface area contributed by atoms with Gasteiger partial charge in [-0.3, -0.25) is 4.79 Å². The highest BCUT2D eigenvalue weighted by atomic mass is 19.4. The Kier molecular flexibility index (Phi) is 11.0. The van der Waals surface area contributed by atoms with Crippen molar-refractivity contribution in [3.05, 3.63) is 77.6 Å². The summed E-state index contributed by atoms with van der Waals surface area (Å²) in [6.07, 6.45) is -2.21. The number of hydrogen-bond acceptors (Lipinski definition) is 7. The number of methoxy groups -OCH3 is 3. The summed E-state index contributed by atoms with van der Waals surface area (Å²) in [5.74, 6) is 0.714. The molecule has 0 aliphatic carbocycles. The molecule has 1 aromatic heterocycles. The molecule has 0 spiro atoms. The molecule has 48 heavy (non-hydrogen) atoms. The number of nitrogens with one attached hydrogen (secondary N) is 1. The van der Waals surface area contributed by atoms with Crippen LogP contribution in [0.4, 0.5) is 23.5 Å². The van der Waals surface area contributed by atoms with E-state index in [0.717, 1.165) is 38.0 Å². The van der Waals surface area contributed by atoms with Crippen LogP contribution in [0, 0.1) is 5.82 Å². The third-order valence-electron chi connectivity index (χ3n) is 8.80. The van der Waals surface area contributed by atoms with Crippen LogP contribution in [0.25, 0.3) is 11.0 Å². The summed E-state index contributed by atoms with van der Waals surface area (Å²) >= 11 is 0. The van der Waals surface area contributed by atoms with Gasteiger partial charge in [0.05, 0.1) is 32.4 Å². The zero-order valence-corrected chi connectivity index (χ0v) is 27.5. The fourth-order valence-electron chi connectivity index (χ4n) is 6.28. The van der Waals surface area contributed by atoms with Crippen molar-refractivity contribution < 1.29 is 36.6 Å². The number of likely N-dealkylation sites (N-methyl/N-ethyl adjacent to an activating group) is 1. The average Bonchev–Trinajstić information content (AvgIpc) is 3.41. The van der Waals surface area contributed by atoms with Crippen LogP contribution in [0.2, 0.25) is 0 Å². The van der Waals surface area contributed by atoms with E-state index in [1.807, 2.05) is 0 Å². The topological polar surface area (TPSA) is 81.1 Å². The number of aromatic nitrogens is 2. The van der Waals surface area contributed by atoms with Crippen LogP contribution in [0.5, 0.6) is 17.2 Å². The number of imidazole rings is 1. The van der Waals surface area contributed by atoms with E-state index < -0.39 is 12.7 Å². The van der Waals surface area contributed by atoms with Gasteiger partial charge in [-0.25, -0.2) is 9.37 Å². The predicted octanol–water partition coefficient (Wildman–Crippen LogP) is 6.59. The normalized spacial score (nSPS) is 14.9. The number of para-hydroxylation sites is 2. The Balaban J connectivity index is 1.23. The average molecular weight is 672 g/mol. The van der Waals surface area contributed by atoms with E-state index in [9.17, 15) is 22.4 Å². The second kappa shape index (κ2) is 15.1. The monoisotopic (exact) mass is 671 g/mol. The highest BCUT2D eigenvalue weighted by Gasteiger charge is 2.31. The predicted molar refractivity (Wildman–Crippen MR) is 176 cm³/mol. The Hall–Kier alpha value is -4.52. The van der Waals surface area contributed by atoms with Crippen molar-refractivity contribution in [1.82, 2.24) is 19.4 Å². The Morgan fingerprint density at radius 2 is 1.65 bits per heavy atom. The van der Waals surface area contributed by atoms with Crippen molar-refractivity contribution in [3.8, 4) is 17.2 Å². The number of carbonyl (C=O) groups excluding carboxylic acids is 1. The third kappa shape index (κ3) is 8.30. The van der Waals surface area contributed by atoms with Gasteiger partial charge in [-0.15, -0.1) is 0 Å². The molecule has 1 aliphatic heterocycles. The number of likely N-dealkylation sites (tertiary alicyclic amines) is 1. The summed E-state index contributed by atoms with van der Waals surface area (Å²) in [7, 11) is 6.20. The number of nitrogens with zero attached hydrogens (tertiary/aromatic N) is 4. The first-order chi connectivity index (χ1) is 23.0. The maximum atomic E-state index is 13.8. The Labute approximate surface area is 277 Å². The summed E-state index contributed by atoms with van der Waals surface area (Å²) < 4.78 is 71.5. The first kappa shape index (κ1) is 34.8. The lowest BCUT2D eigenvalue weighted by Crippen LogP contribution is -2.41. The summed E-state index contributed by atoms with van der Waals surface area (Å²) in [5, 5.41) is 3.28. The van der Waals surface area contributed by atoms with Crippen LogP contribution in [0.3, 0.4) is 0 Å². The van der Waals surface area contributed by atoms with Gasteiger partial charge in [0.25, 0.3) is 5.91 Å². The Morgan fingerprint density at radius 1 is 1.00 bits per heavy atom. The van der Waals surface area contributed by atoms with Crippen LogP contribution >= 0.6 is 0 Å². The van der Waals surface area contributed by atoms with Crippen molar-refractivity contribution in [2.75, 3.05) is 59.9 Å². The maximum absolute atomic E-state index is 13.8. The Bertz CT molecular complexity index is 1660. The van der Waals surface area contributed by atoms with Gasteiger partial charge >= 0.3 is 6.18 Å². The van der Waals surface area contributed by atoms with Crippen LogP contribution < -0.4 is 19.5 Å². The number of rotatable bonds is 13. The fourth-order valence-corrected chi connectivity index (χ4v) is 6.28. The smallest absolute Gasteiger partial charge is 0.406 e. The van der Waals surface area contributed by atoms with Gasteiger partial charge in [-0.2, -0.15) is 13.2 Å². The van der Waals surface area contributed by atoms with Crippen LogP contribution in [0.1, 0.15) is 41.1 Å². The molecule has 0 saturated carbocycles. The standard InChI is InChI=1S/C35H41F4N5O4/c1-42(33(45)25-19-30(46-2)32(48-4)31(20-25)47-3)21-24(23-9-11-26(36)12-10-23)13-16-43-17-14-27(15-18-43)40-34-41-28-7-5-6-8-29(28)44(34)22-35(37,38)39/h5-12,19-20,24,27H,13-18,21-22H2,1-4H3,(H,40,41). The van der Waals surface area contributed by atoms with Gasteiger partial charge in [0.2, 0.25) is 11.7 Å². The largest absolute Gasteiger partial charge is 0.493 e. The van der Waals surface area contributed by atoms with E-state index in [-0.39, 0.29) is 29.6 Å². The number of amides is 1. The minimum Gasteiger partial charge on any atom is -0.493 e. The molecular weight excluding hydrogens is 630 g/mol. The number of carbonyl (C=O) groups is 1. The van der Waals surface area contributed by atoms with Crippen molar-refractivity contribution in [2.45, 2.75) is 43.9 Å². The van der Waals surface area contributed by atoms with Gasteiger partial charge < -0.3 is 33.9 Å². The quantitative estimate of drug-likeness (QED) is 0.161. The summed E-state index contributed by atoms with van der Waals surface area (Å²) in [6.45, 7) is 1.49. The lowest BCUT2D eigenvalue weighted by Gasteiger charge is -2.34. The van der Waals surface area contributed by atoms with Crippen LogP contribution in [0.15, 0.2) is 60.7 Å². The molecule has 1 N–H and O–H groups in total. The van der Waals surface area contributed by atoms with Gasteiger partial charge in [0, 0.05) is 44.2 Å². The molecule has 1 fully saturated rings. The molecule has 1 unspecified atom stereocenters. The third-order valence-corrected chi connectivity index (χ3v) is 8.80. The zero-order chi connectivity index (χ0) is 34.4. The van der Waals surface area contributed by atoms with E-state index in [1.54, 1.807) is 60.5 Å². The van der Waals surface area contributed by atoms with E-state index >= 15 is 0 Å². The van der Waals surface area contributed by atoms with Crippen molar-refractivity contribution in [2.24, 2.45) is 0 Å². The number of benzene rings is 3. The van der Waals surface area contributed by atoms with E-state index in [2.05, 4.69) is 15.2 Å². The molecular formula is C35H41F4N5O4. The van der Waals surface area contributed by atoms with Gasteiger partial charge in [-0.05, 0) is 67.8 Å². The SMILES string of the molecule is COc1cc(C(=O)N(C)CC(CCN2CCC(Nc3nc4ccccc4n3CC(F)(F)F)CC2)c2ccc(F)cc2)cc(OC)c1OC. The first-order valence-electron chi connectivity index (χ1n) is 15.8.